The van der Waals surface area contributed by atoms with Gasteiger partial charge in [0.2, 0.25) is 0 Å². The van der Waals surface area contributed by atoms with Crippen LogP contribution < -0.4 is 4.72 Å². The van der Waals surface area contributed by atoms with Crippen LogP contribution in [0.15, 0.2) is 71.6 Å². The summed E-state index contributed by atoms with van der Waals surface area (Å²) in [7, 11) is -3.84. The Morgan fingerprint density at radius 3 is 2.32 bits per heavy atom. The van der Waals surface area contributed by atoms with Crippen molar-refractivity contribution in [3.05, 3.63) is 87.9 Å². The highest BCUT2D eigenvalue weighted by Gasteiger charge is 2.18. The van der Waals surface area contributed by atoms with Gasteiger partial charge in [-0.3, -0.25) is 4.72 Å². The summed E-state index contributed by atoms with van der Waals surface area (Å²) < 4.78 is 29.9. The molecular weight excluding hydrogens is 457 g/mol. The summed E-state index contributed by atoms with van der Waals surface area (Å²) in [5, 5.41) is 12.8. The SMILES string of the molecule is Cc1ccc(-c2nnnn2Cc2ccc(Cl)cc2NS(=O)(=O)c2ccc(Cl)cc2)cc1. The second kappa shape index (κ2) is 8.66. The molecule has 4 rings (SSSR count). The Hall–Kier alpha value is -2.94. The molecule has 0 spiro atoms. The van der Waals surface area contributed by atoms with Crippen molar-refractivity contribution in [2.75, 3.05) is 4.72 Å². The molecule has 0 aliphatic carbocycles. The van der Waals surface area contributed by atoms with E-state index in [-0.39, 0.29) is 11.4 Å². The molecule has 0 aliphatic heterocycles. The Balaban J connectivity index is 1.67. The van der Waals surface area contributed by atoms with Gasteiger partial charge in [0.1, 0.15) is 0 Å². The summed E-state index contributed by atoms with van der Waals surface area (Å²) in [6.07, 6.45) is 0. The maximum Gasteiger partial charge on any atom is 0.261 e. The van der Waals surface area contributed by atoms with E-state index in [1.54, 1.807) is 22.9 Å². The van der Waals surface area contributed by atoms with Gasteiger partial charge in [-0.25, -0.2) is 13.1 Å². The van der Waals surface area contributed by atoms with Crippen LogP contribution in [-0.2, 0) is 16.6 Å². The first kappa shape index (κ1) is 21.3. The molecule has 10 heteroatoms. The molecule has 0 unspecified atom stereocenters. The Kier molecular flexibility index (Phi) is 5.95. The number of halogens is 2. The smallest absolute Gasteiger partial charge is 0.261 e. The van der Waals surface area contributed by atoms with Gasteiger partial charge in [-0.2, -0.15) is 0 Å². The quantitative estimate of drug-likeness (QED) is 0.434. The molecule has 0 atom stereocenters. The Morgan fingerprint density at radius 2 is 1.61 bits per heavy atom. The number of tetrazole rings is 1. The van der Waals surface area contributed by atoms with Crippen molar-refractivity contribution in [2.24, 2.45) is 0 Å². The van der Waals surface area contributed by atoms with E-state index in [0.717, 1.165) is 11.1 Å². The lowest BCUT2D eigenvalue weighted by Gasteiger charge is -2.14. The number of sulfonamides is 1. The minimum absolute atomic E-state index is 0.0885. The summed E-state index contributed by atoms with van der Waals surface area (Å²) in [5.41, 5.74) is 2.97. The van der Waals surface area contributed by atoms with E-state index in [9.17, 15) is 8.42 Å². The highest BCUT2D eigenvalue weighted by molar-refractivity contribution is 7.92. The van der Waals surface area contributed by atoms with Crippen molar-refractivity contribution >= 4 is 38.9 Å². The van der Waals surface area contributed by atoms with Crippen LogP contribution in [0.5, 0.6) is 0 Å². The summed E-state index contributed by atoms with van der Waals surface area (Å²) in [6.45, 7) is 2.24. The van der Waals surface area contributed by atoms with Crippen LogP contribution in [0.3, 0.4) is 0 Å². The van der Waals surface area contributed by atoms with Gasteiger partial charge in [0.05, 0.1) is 17.1 Å². The molecule has 4 aromatic rings. The van der Waals surface area contributed by atoms with Gasteiger partial charge in [0.15, 0.2) is 5.82 Å². The van der Waals surface area contributed by atoms with Gasteiger partial charge in [-0.05, 0) is 59.3 Å². The number of anilines is 1. The number of aromatic nitrogens is 4. The van der Waals surface area contributed by atoms with Crippen LogP contribution in [0.1, 0.15) is 11.1 Å². The number of benzene rings is 3. The maximum absolute atomic E-state index is 12.9. The minimum Gasteiger partial charge on any atom is -0.279 e. The molecule has 0 radical (unpaired) electrons. The fourth-order valence-corrected chi connectivity index (χ4v) is 4.37. The standard InChI is InChI=1S/C21H17Cl2N5O2S/c1-14-2-4-15(5-3-14)21-24-26-27-28(21)13-16-6-7-18(23)12-20(16)25-31(29,30)19-10-8-17(22)9-11-19/h2-12,25H,13H2,1H3. The minimum atomic E-state index is -3.84. The normalized spacial score (nSPS) is 11.5. The van der Waals surface area contributed by atoms with Crippen LogP contribution in [0, 0.1) is 6.92 Å². The third kappa shape index (κ3) is 4.87. The number of nitrogens with zero attached hydrogens (tertiary/aromatic N) is 4. The largest absolute Gasteiger partial charge is 0.279 e. The van der Waals surface area contributed by atoms with Crippen molar-refractivity contribution in [3.8, 4) is 11.4 Å². The van der Waals surface area contributed by atoms with Crippen LogP contribution in [0.4, 0.5) is 5.69 Å². The van der Waals surface area contributed by atoms with E-state index in [1.165, 1.54) is 24.3 Å². The van der Waals surface area contributed by atoms with Gasteiger partial charge >= 0.3 is 0 Å². The van der Waals surface area contributed by atoms with Crippen molar-refractivity contribution < 1.29 is 8.42 Å². The second-order valence-corrected chi connectivity index (χ2v) is 9.44. The van der Waals surface area contributed by atoms with Crippen molar-refractivity contribution in [1.29, 1.82) is 0 Å². The van der Waals surface area contributed by atoms with Gasteiger partial charge in [0, 0.05) is 15.6 Å². The van der Waals surface area contributed by atoms with Crippen LogP contribution in [0.25, 0.3) is 11.4 Å². The topological polar surface area (TPSA) is 89.8 Å². The molecule has 0 saturated heterocycles. The lowest BCUT2D eigenvalue weighted by molar-refractivity contribution is 0.601. The highest BCUT2D eigenvalue weighted by atomic mass is 35.5. The number of rotatable bonds is 6. The fraction of sp³-hybridized carbons (Fsp3) is 0.0952. The molecule has 1 N–H and O–H groups in total. The van der Waals surface area contributed by atoms with E-state index < -0.39 is 10.0 Å². The lowest BCUT2D eigenvalue weighted by atomic mass is 10.1. The lowest BCUT2D eigenvalue weighted by Crippen LogP contribution is -2.15. The van der Waals surface area contributed by atoms with E-state index >= 15 is 0 Å². The molecule has 0 bridgehead atoms. The van der Waals surface area contributed by atoms with E-state index in [4.69, 9.17) is 23.2 Å². The van der Waals surface area contributed by atoms with Crippen molar-refractivity contribution in [3.63, 3.8) is 0 Å². The summed E-state index contributed by atoms with van der Waals surface area (Å²) >= 11 is 12.0. The number of nitrogens with one attached hydrogen (secondary N) is 1. The first-order valence-electron chi connectivity index (χ1n) is 9.22. The van der Waals surface area contributed by atoms with Gasteiger partial charge in [-0.15, -0.1) is 5.10 Å². The average molecular weight is 474 g/mol. The molecule has 0 amide bonds. The first-order chi connectivity index (χ1) is 14.8. The van der Waals surface area contributed by atoms with Crippen LogP contribution >= 0.6 is 23.2 Å². The average Bonchev–Trinajstić information content (AvgIpc) is 3.19. The molecule has 0 saturated carbocycles. The molecule has 7 nitrogen and oxygen atoms in total. The predicted octanol–water partition coefficient (Wildman–Crippen LogP) is 4.80. The maximum atomic E-state index is 12.9. The van der Waals surface area contributed by atoms with E-state index in [2.05, 4.69) is 20.2 Å². The van der Waals surface area contributed by atoms with Gasteiger partial charge < -0.3 is 0 Å². The molecule has 3 aromatic carbocycles. The molecule has 1 aromatic heterocycles. The van der Waals surface area contributed by atoms with Crippen LogP contribution in [0.2, 0.25) is 10.0 Å². The van der Waals surface area contributed by atoms with E-state index in [0.29, 0.717) is 27.1 Å². The number of hydrogen-bond donors (Lipinski definition) is 1. The zero-order chi connectivity index (χ0) is 22.0. The zero-order valence-corrected chi connectivity index (χ0v) is 18.7. The predicted molar refractivity (Wildman–Crippen MR) is 121 cm³/mol. The first-order valence-corrected chi connectivity index (χ1v) is 11.5. The molecule has 0 aliphatic rings. The third-order valence-electron chi connectivity index (χ3n) is 4.60. The monoisotopic (exact) mass is 473 g/mol. The van der Waals surface area contributed by atoms with Crippen molar-refractivity contribution in [1.82, 2.24) is 20.2 Å². The van der Waals surface area contributed by atoms with Gasteiger partial charge in [-0.1, -0.05) is 59.1 Å². The summed E-state index contributed by atoms with van der Waals surface area (Å²) in [4.78, 5) is 0.0885. The highest BCUT2D eigenvalue weighted by Crippen LogP contribution is 2.26. The number of hydrogen-bond acceptors (Lipinski definition) is 5. The van der Waals surface area contributed by atoms with Crippen LogP contribution in [-0.4, -0.2) is 28.6 Å². The fourth-order valence-electron chi connectivity index (χ4n) is 2.98. The third-order valence-corrected chi connectivity index (χ3v) is 6.47. The van der Waals surface area contributed by atoms with E-state index in [1.807, 2.05) is 31.2 Å². The molecule has 1 heterocycles. The Bertz CT molecular complexity index is 1320. The summed E-state index contributed by atoms with van der Waals surface area (Å²) in [6, 6.07) is 18.7. The van der Waals surface area contributed by atoms with Gasteiger partial charge in [0.25, 0.3) is 10.0 Å². The molecule has 31 heavy (non-hydrogen) atoms. The molecular formula is C21H17Cl2N5O2S. The van der Waals surface area contributed by atoms with Crippen molar-refractivity contribution in [2.45, 2.75) is 18.4 Å². The Morgan fingerprint density at radius 1 is 0.935 bits per heavy atom. The summed E-state index contributed by atoms with van der Waals surface area (Å²) in [5.74, 6) is 0.571. The molecule has 158 valence electrons. The number of aryl methyl sites for hydroxylation is 1. The zero-order valence-electron chi connectivity index (χ0n) is 16.3. The second-order valence-electron chi connectivity index (χ2n) is 6.89. The molecule has 0 fully saturated rings. The Labute approximate surface area is 189 Å².